The number of nitrogens with zero attached hydrogens (tertiary/aromatic N) is 2. The Labute approximate surface area is 108 Å². The standard InChI is InChI=1S/C14H21N3O/c1-3-6-15-14(12-5-8-18-11-12)13-9-16-17(10-13)7-4-2/h5,8-11,14-15H,3-4,6-7H2,1-2H3. The molecule has 2 rings (SSSR count). The van der Waals surface area contributed by atoms with Gasteiger partial charge in [0, 0.05) is 23.9 Å². The molecule has 0 radical (unpaired) electrons. The molecule has 1 N–H and O–H groups in total. The van der Waals surface area contributed by atoms with E-state index in [1.54, 1.807) is 12.5 Å². The fourth-order valence-electron chi connectivity index (χ4n) is 2.04. The predicted octanol–water partition coefficient (Wildman–Crippen LogP) is 2.98. The molecule has 4 nitrogen and oxygen atoms in total. The Kier molecular flexibility index (Phi) is 4.59. The summed E-state index contributed by atoms with van der Waals surface area (Å²) in [4.78, 5) is 0. The highest BCUT2D eigenvalue weighted by Crippen LogP contribution is 2.22. The third-order valence-corrected chi connectivity index (χ3v) is 2.91. The maximum atomic E-state index is 5.18. The molecule has 1 atom stereocenters. The van der Waals surface area contributed by atoms with Gasteiger partial charge < -0.3 is 9.73 Å². The zero-order chi connectivity index (χ0) is 12.8. The molecule has 0 amide bonds. The number of aromatic nitrogens is 2. The van der Waals surface area contributed by atoms with Crippen molar-refractivity contribution < 1.29 is 4.42 Å². The van der Waals surface area contributed by atoms with Crippen molar-refractivity contribution in [3.8, 4) is 0 Å². The molecule has 2 heterocycles. The molecule has 0 aliphatic rings. The lowest BCUT2D eigenvalue weighted by atomic mass is 10.1. The van der Waals surface area contributed by atoms with Crippen molar-refractivity contribution in [1.29, 1.82) is 0 Å². The maximum absolute atomic E-state index is 5.18. The van der Waals surface area contributed by atoms with Gasteiger partial charge in [-0.15, -0.1) is 0 Å². The van der Waals surface area contributed by atoms with Crippen LogP contribution in [-0.2, 0) is 6.54 Å². The van der Waals surface area contributed by atoms with Gasteiger partial charge in [-0.3, -0.25) is 4.68 Å². The first-order chi connectivity index (χ1) is 8.85. The monoisotopic (exact) mass is 247 g/mol. The smallest absolute Gasteiger partial charge is 0.0953 e. The van der Waals surface area contributed by atoms with Crippen molar-refractivity contribution >= 4 is 0 Å². The van der Waals surface area contributed by atoms with E-state index in [4.69, 9.17) is 4.42 Å². The van der Waals surface area contributed by atoms with Gasteiger partial charge in [0.25, 0.3) is 0 Å². The maximum Gasteiger partial charge on any atom is 0.0953 e. The summed E-state index contributed by atoms with van der Waals surface area (Å²) < 4.78 is 7.18. The summed E-state index contributed by atoms with van der Waals surface area (Å²) in [7, 11) is 0. The molecule has 0 saturated carbocycles. The Morgan fingerprint density at radius 1 is 1.33 bits per heavy atom. The summed E-state index contributed by atoms with van der Waals surface area (Å²) in [6.07, 6.45) is 9.77. The molecule has 0 bridgehead atoms. The minimum Gasteiger partial charge on any atom is -0.472 e. The van der Waals surface area contributed by atoms with E-state index < -0.39 is 0 Å². The zero-order valence-electron chi connectivity index (χ0n) is 11.1. The fourth-order valence-corrected chi connectivity index (χ4v) is 2.04. The lowest BCUT2D eigenvalue weighted by Gasteiger charge is -2.15. The van der Waals surface area contributed by atoms with Gasteiger partial charge in [-0.1, -0.05) is 13.8 Å². The topological polar surface area (TPSA) is 43.0 Å². The number of furan rings is 1. The first-order valence-corrected chi connectivity index (χ1v) is 6.63. The van der Waals surface area contributed by atoms with Crippen LogP contribution >= 0.6 is 0 Å². The Morgan fingerprint density at radius 2 is 2.22 bits per heavy atom. The summed E-state index contributed by atoms with van der Waals surface area (Å²) in [5, 5.41) is 7.92. The van der Waals surface area contributed by atoms with Gasteiger partial charge in [0.1, 0.15) is 0 Å². The Morgan fingerprint density at radius 3 is 2.89 bits per heavy atom. The Bertz CT molecular complexity index is 447. The molecule has 2 aromatic rings. The van der Waals surface area contributed by atoms with E-state index >= 15 is 0 Å². The van der Waals surface area contributed by atoms with Crippen LogP contribution in [0, 0.1) is 0 Å². The molecule has 0 spiro atoms. The summed E-state index contributed by atoms with van der Waals surface area (Å²) in [6, 6.07) is 2.18. The van der Waals surface area contributed by atoms with Crippen LogP contribution in [0.4, 0.5) is 0 Å². The lowest BCUT2D eigenvalue weighted by Crippen LogP contribution is -2.22. The first-order valence-electron chi connectivity index (χ1n) is 6.63. The van der Waals surface area contributed by atoms with Crippen LogP contribution in [0.25, 0.3) is 0 Å². The van der Waals surface area contributed by atoms with Gasteiger partial charge in [0.2, 0.25) is 0 Å². The largest absolute Gasteiger partial charge is 0.472 e. The highest BCUT2D eigenvalue weighted by Gasteiger charge is 2.16. The van der Waals surface area contributed by atoms with Gasteiger partial charge in [-0.05, 0) is 25.5 Å². The van der Waals surface area contributed by atoms with Crippen LogP contribution < -0.4 is 5.32 Å². The van der Waals surface area contributed by atoms with Gasteiger partial charge in [0.05, 0.1) is 24.8 Å². The SMILES string of the molecule is CCCNC(c1ccoc1)c1cnn(CCC)c1. The molecule has 1 unspecified atom stereocenters. The average Bonchev–Trinajstić information content (AvgIpc) is 3.02. The van der Waals surface area contributed by atoms with E-state index in [2.05, 4.69) is 30.5 Å². The number of hydrogen-bond donors (Lipinski definition) is 1. The third kappa shape index (κ3) is 3.01. The minimum absolute atomic E-state index is 0.175. The van der Waals surface area contributed by atoms with Crippen molar-refractivity contribution in [2.75, 3.05) is 6.54 Å². The van der Waals surface area contributed by atoms with Gasteiger partial charge in [-0.2, -0.15) is 5.10 Å². The van der Waals surface area contributed by atoms with Gasteiger partial charge >= 0.3 is 0 Å². The average molecular weight is 247 g/mol. The van der Waals surface area contributed by atoms with Crippen LogP contribution in [0.3, 0.4) is 0 Å². The number of aryl methyl sites for hydroxylation is 1. The highest BCUT2D eigenvalue weighted by molar-refractivity contribution is 5.25. The molecule has 0 saturated heterocycles. The normalized spacial score (nSPS) is 12.8. The van der Waals surface area contributed by atoms with Crippen LogP contribution in [-0.4, -0.2) is 16.3 Å². The second kappa shape index (κ2) is 6.40. The Hall–Kier alpha value is -1.55. The number of rotatable bonds is 7. The van der Waals surface area contributed by atoms with Crippen molar-refractivity contribution in [3.05, 3.63) is 42.1 Å². The molecule has 2 aromatic heterocycles. The van der Waals surface area contributed by atoms with Crippen LogP contribution in [0.5, 0.6) is 0 Å². The van der Waals surface area contributed by atoms with Gasteiger partial charge in [-0.25, -0.2) is 0 Å². The number of nitrogens with one attached hydrogen (secondary N) is 1. The molecular weight excluding hydrogens is 226 g/mol. The molecule has 0 fully saturated rings. The van der Waals surface area contributed by atoms with Crippen LogP contribution in [0.2, 0.25) is 0 Å². The van der Waals surface area contributed by atoms with Crippen molar-refractivity contribution in [1.82, 2.24) is 15.1 Å². The minimum atomic E-state index is 0.175. The molecule has 98 valence electrons. The second-order valence-electron chi connectivity index (χ2n) is 4.48. The summed E-state index contributed by atoms with van der Waals surface area (Å²) in [6.45, 7) is 6.27. The number of hydrogen-bond acceptors (Lipinski definition) is 3. The quantitative estimate of drug-likeness (QED) is 0.818. The van der Waals surface area contributed by atoms with E-state index in [-0.39, 0.29) is 6.04 Å². The van der Waals surface area contributed by atoms with E-state index in [1.807, 2.05) is 16.9 Å². The van der Waals surface area contributed by atoms with E-state index in [9.17, 15) is 0 Å². The second-order valence-corrected chi connectivity index (χ2v) is 4.48. The van der Waals surface area contributed by atoms with E-state index in [0.29, 0.717) is 0 Å². The fraction of sp³-hybridized carbons (Fsp3) is 0.500. The third-order valence-electron chi connectivity index (χ3n) is 2.91. The summed E-state index contributed by atoms with van der Waals surface area (Å²) in [5.41, 5.74) is 2.35. The van der Waals surface area contributed by atoms with Crippen molar-refractivity contribution in [3.63, 3.8) is 0 Å². The summed E-state index contributed by atoms with van der Waals surface area (Å²) in [5.74, 6) is 0. The molecule has 0 aromatic carbocycles. The summed E-state index contributed by atoms with van der Waals surface area (Å²) >= 11 is 0. The Balaban J connectivity index is 2.16. The van der Waals surface area contributed by atoms with Crippen LogP contribution in [0.1, 0.15) is 43.9 Å². The van der Waals surface area contributed by atoms with E-state index in [1.165, 1.54) is 5.56 Å². The molecule has 0 aliphatic carbocycles. The van der Waals surface area contributed by atoms with Crippen molar-refractivity contribution in [2.45, 2.75) is 39.3 Å². The van der Waals surface area contributed by atoms with E-state index in [0.717, 1.165) is 31.5 Å². The van der Waals surface area contributed by atoms with Crippen LogP contribution in [0.15, 0.2) is 35.4 Å². The lowest BCUT2D eigenvalue weighted by molar-refractivity contribution is 0.547. The van der Waals surface area contributed by atoms with Gasteiger partial charge in [0.15, 0.2) is 0 Å². The van der Waals surface area contributed by atoms with Crippen molar-refractivity contribution in [2.24, 2.45) is 0 Å². The molecular formula is C14H21N3O. The first kappa shape index (κ1) is 12.9. The molecule has 0 aliphatic heterocycles. The predicted molar refractivity (Wildman–Crippen MR) is 71.4 cm³/mol. The highest BCUT2D eigenvalue weighted by atomic mass is 16.3. The molecule has 18 heavy (non-hydrogen) atoms. The molecule has 4 heteroatoms. The zero-order valence-corrected chi connectivity index (χ0v) is 11.1.